The van der Waals surface area contributed by atoms with Crippen molar-refractivity contribution in [3.8, 4) is 23.0 Å². The van der Waals surface area contributed by atoms with Crippen molar-refractivity contribution in [2.45, 2.75) is 37.8 Å². The molecule has 132 valence electrons. The van der Waals surface area contributed by atoms with Gasteiger partial charge in [0.05, 0.1) is 12.7 Å². The molecule has 0 saturated carbocycles. The number of hydrogen-bond donors (Lipinski definition) is 3. The van der Waals surface area contributed by atoms with Crippen molar-refractivity contribution >= 4 is 0 Å². The Kier molecular flexibility index (Phi) is 4.17. The average Bonchev–Trinajstić information content (AvgIpc) is 3.16. The maximum atomic E-state index is 10.4. The summed E-state index contributed by atoms with van der Waals surface area (Å²) in [5, 5.41) is 23.4. The van der Waals surface area contributed by atoms with Crippen LogP contribution in [0.1, 0.15) is 48.1 Å². The monoisotopic (exact) mass is 341 g/mol. The van der Waals surface area contributed by atoms with Crippen molar-refractivity contribution in [2.24, 2.45) is 0 Å². The highest BCUT2D eigenvalue weighted by atomic mass is 16.5. The van der Waals surface area contributed by atoms with Gasteiger partial charge in [0, 0.05) is 17.7 Å². The van der Waals surface area contributed by atoms with E-state index in [1.165, 1.54) is 0 Å². The van der Waals surface area contributed by atoms with Crippen LogP contribution in [-0.4, -0.2) is 23.9 Å². The lowest BCUT2D eigenvalue weighted by molar-refractivity contribution is 0.170. The first-order valence-electron chi connectivity index (χ1n) is 8.79. The van der Waals surface area contributed by atoms with Gasteiger partial charge in [-0.15, -0.1) is 0 Å². The van der Waals surface area contributed by atoms with Gasteiger partial charge >= 0.3 is 0 Å². The van der Waals surface area contributed by atoms with Gasteiger partial charge < -0.3 is 25.0 Å². The lowest BCUT2D eigenvalue weighted by Gasteiger charge is -2.31. The molecule has 5 heteroatoms. The molecule has 4 rings (SSSR count). The average molecular weight is 341 g/mol. The molecule has 2 aromatic rings. The molecular weight excluding hydrogens is 318 g/mol. The molecule has 2 aliphatic heterocycles. The summed E-state index contributed by atoms with van der Waals surface area (Å²) in [5.41, 5.74) is 2.90. The Morgan fingerprint density at radius 2 is 1.96 bits per heavy atom. The lowest BCUT2D eigenvalue weighted by Crippen LogP contribution is -2.21. The van der Waals surface area contributed by atoms with E-state index in [9.17, 15) is 10.2 Å². The standard InChI is InChI=1S/C20H23NO4/c1-24-18-11-16(23)14-8-9-17(12-4-6-13(22)7-5-12)25-20(14)19(18)15-3-2-10-21-15/h4-7,11,15,17,21-23H,2-3,8-10H2,1H3. The van der Waals surface area contributed by atoms with Crippen molar-refractivity contribution < 1.29 is 19.7 Å². The van der Waals surface area contributed by atoms with Crippen molar-refractivity contribution in [3.63, 3.8) is 0 Å². The first-order valence-corrected chi connectivity index (χ1v) is 8.79. The van der Waals surface area contributed by atoms with Crippen LogP contribution < -0.4 is 14.8 Å². The first-order chi connectivity index (χ1) is 12.2. The van der Waals surface area contributed by atoms with E-state index >= 15 is 0 Å². The Morgan fingerprint density at radius 3 is 2.64 bits per heavy atom. The highest BCUT2D eigenvalue weighted by Gasteiger charge is 2.32. The molecule has 0 aromatic heterocycles. The van der Waals surface area contributed by atoms with Crippen molar-refractivity contribution in [1.29, 1.82) is 0 Å². The molecule has 2 atom stereocenters. The fraction of sp³-hybridized carbons (Fsp3) is 0.400. The smallest absolute Gasteiger partial charge is 0.135 e. The van der Waals surface area contributed by atoms with Crippen molar-refractivity contribution in [1.82, 2.24) is 5.32 Å². The van der Waals surface area contributed by atoms with E-state index in [0.29, 0.717) is 5.75 Å². The number of phenolic OH excluding ortho intramolecular Hbond substituents is 2. The highest BCUT2D eigenvalue weighted by molar-refractivity contribution is 5.59. The predicted octanol–water partition coefficient (Wildman–Crippen LogP) is 3.60. The van der Waals surface area contributed by atoms with Crippen LogP contribution in [0.25, 0.3) is 0 Å². The zero-order valence-electron chi connectivity index (χ0n) is 14.3. The summed E-state index contributed by atoms with van der Waals surface area (Å²) in [7, 11) is 1.62. The van der Waals surface area contributed by atoms with Crippen LogP contribution in [0.2, 0.25) is 0 Å². The van der Waals surface area contributed by atoms with E-state index in [1.807, 2.05) is 12.1 Å². The van der Waals surface area contributed by atoms with Crippen molar-refractivity contribution in [2.75, 3.05) is 13.7 Å². The fourth-order valence-electron chi connectivity index (χ4n) is 3.89. The molecule has 0 bridgehead atoms. The van der Waals surface area contributed by atoms with E-state index in [0.717, 1.165) is 54.7 Å². The quantitative estimate of drug-likeness (QED) is 0.796. The first kappa shape index (κ1) is 16.1. The van der Waals surface area contributed by atoms with Crippen LogP contribution in [0.15, 0.2) is 30.3 Å². The normalized spacial score (nSPS) is 22.3. The number of methoxy groups -OCH3 is 1. The Balaban J connectivity index is 1.76. The summed E-state index contributed by atoms with van der Waals surface area (Å²) >= 11 is 0. The lowest BCUT2D eigenvalue weighted by atomic mass is 9.91. The van der Waals surface area contributed by atoms with Crippen LogP contribution in [-0.2, 0) is 6.42 Å². The zero-order chi connectivity index (χ0) is 17.4. The molecule has 2 aliphatic rings. The van der Waals surface area contributed by atoms with E-state index < -0.39 is 0 Å². The Bertz CT molecular complexity index is 766. The Labute approximate surface area is 147 Å². The zero-order valence-corrected chi connectivity index (χ0v) is 14.3. The van der Waals surface area contributed by atoms with Crippen LogP contribution in [0.4, 0.5) is 0 Å². The summed E-state index contributed by atoms with van der Waals surface area (Å²) in [6, 6.07) is 9.02. The molecule has 2 heterocycles. The molecule has 0 spiro atoms. The van der Waals surface area contributed by atoms with Crippen LogP contribution in [0.3, 0.4) is 0 Å². The van der Waals surface area contributed by atoms with E-state index in [-0.39, 0.29) is 23.6 Å². The Hall–Kier alpha value is -2.40. The van der Waals surface area contributed by atoms with Gasteiger partial charge in [-0.25, -0.2) is 0 Å². The van der Waals surface area contributed by atoms with Crippen LogP contribution in [0, 0.1) is 0 Å². The predicted molar refractivity (Wildman–Crippen MR) is 94.4 cm³/mol. The van der Waals surface area contributed by atoms with Crippen LogP contribution in [0.5, 0.6) is 23.0 Å². The summed E-state index contributed by atoms with van der Waals surface area (Å²) < 4.78 is 11.9. The maximum absolute atomic E-state index is 10.4. The number of aromatic hydroxyl groups is 2. The third-order valence-corrected chi connectivity index (χ3v) is 5.17. The van der Waals surface area contributed by atoms with Gasteiger partial charge in [0.2, 0.25) is 0 Å². The number of rotatable bonds is 3. The maximum Gasteiger partial charge on any atom is 0.135 e. The molecule has 0 amide bonds. The molecule has 5 nitrogen and oxygen atoms in total. The number of ether oxygens (including phenoxy) is 2. The topological polar surface area (TPSA) is 71.0 Å². The molecule has 2 unspecified atom stereocenters. The minimum atomic E-state index is -0.0974. The molecule has 25 heavy (non-hydrogen) atoms. The van der Waals surface area contributed by atoms with Gasteiger partial charge in [-0.3, -0.25) is 0 Å². The van der Waals surface area contributed by atoms with Gasteiger partial charge in [-0.2, -0.15) is 0 Å². The van der Waals surface area contributed by atoms with Gasteiger partial charge in [-0.1, -0.05) is 12.1 Å². The second kappa shape index (κ2) is 6.48. The summed E-state index contributed by atoms with van der Waals surface area (Å²) in [6.07, 6.45) is 3.58. The molecule has 0 aliphatic carbocycles. The van der Waals surface area contributed by atoms with Gasteiger partial charge in [-0.05, 0) is 49.9 Å². The molecule has 0 radical (unpaired) electrons. The summed E-state index contributed by atoms with van der Waals surface area (Å²) in [5.74, 6) is 1.90. The van der Waals surface area contributed by atoms with Crippen molar-refractivity contribution in [3.05, 3.63) is 47.0 Å². The molecule has 1 saturated heterocycles. The van der Waals surface area contributed by atoms with Gasteiger partial charge in [0.1, 0.15) is 29.1 Å². The van der Waals surface area contributed by atoms with E-state index in [2.05, 4.69) is 5.32 Å². The summed E-state index contributed by atoms with van der Waals surface area (Å²) in [4.78, 5) is 0. The van der Waals surface area contributed by atoms with E-state index in [1.54, 1.807) is 25.3 Å². The third-order valence-electron chi connectivity index (χ3n) is 5.17. The number of phenols is 2. The number of fused-ring (bicyclic) bond motifs is 1. The van der Waals surface area contributed by atoms with Crippen LogP contribution >= 0.6 is 0 Å². The molecule has 3 N–H and O–H groups in total. The second-order valence-corrected chi connectivity index (χ2v) is 6.70. The molecule has 1 fully saturated rings. The molecule has 2 aromatic carbocycles. The highest BCUT2D eigenvalue weighted by Crippen LogP contribution is 2.49. The largest absolute Gasteiger partial charge is 0.508 e. The molecular formula is C20H23NO4. The Morgan fingerprint density at radius 1 is 1.16 bits per heavy atom. The van der Waals surface area contributed by atoms with Gasteiger partial charge in [0.15, 0.2) is 0 Å². The SMILES string of the molecule is COc1cc(O)c2c(c1C1CCCN1)OC(c1ccc(O)cc1)CC2. The summed E-state index contributed by atoms with van der Waals surface area (Å²) in [6.45, 7) is 0.977. The third kappa shape index (κ3) is 2.89. The number of benzene rings is 2. The fourth-order valence-corrected chi connectivity index (χ4v) is 3.89. The number of hydrogen-bond acceptors (Lipinski definition) is 5. The van der Waals surface area contributed by atoms with E-state index in [4.69, 9.17) is 9.47 Å². The number of nitrogens with one attached hydrogen (secondary N) is 1. The minimum Gasteiger partial charge on any atom is -0.508 e. The van der Waals surface area contributed by atoms with Gasteiger partial charge in [0.25, 0.3) is 0 Å². The minimum absolute atomic E-state index is 0.0974. The second-order valence-electron chi connectivity index (χ2n) is 6.70.